The van der Waals surface area contributed by atoms with Gasteiger partial charge in [-0.25, -0.2) is 4.79 Å². The molecule has 2 amide bonds. The van der Waals surface area contributed by atoms with E-state index in [1.54, 1.807) is 7.11 Å². The average molecular weight is 325 g/mol. The van der Waals surface area contributed by atoms with Gasteiger partial charge in [0, 0.05) is 25.3 Å². The van der Waals surface area contributed by atoms with Gasteiger partial charge in [-0.1, -0.05) is 30.3 Å². The van der Waals surface area contributed by atoms with Gasteiger partial charge in [-0.2, -0.15) is 0 Å². The van der Waals surface area contributed by atoms with Crippen LogP contribution in [0.1, 0.15) is 6.42 Å². The Labute approximate surface area is 142 Å². The van der Waals surface area contributed by atoms with Gasteiger partial charge in [-0.15, -0.1) is 0 Å². The number of hydrogen-bond donors (Lipinski definition) is 2. The zero-order chi connectivity index (χ0) is 16.8. The number of para-hydroxylation sites is 3. The zero-order valence-corrected chi connectivity index (χ0v) is 13.9. The van der Waals surface area contributed by atoms with Crippen LogP contribution in [0.3, 0.4) is 0 Å². The lowest BCUT2D eigenvalue weighted by atomic mass is 10.1. The van der Waals surface area contributed by atoms with Crippen LogP contribution in [0.5, 0.6) is 5.75 Å². The zero-order valence-electron chi connectivity index (χ0n) is 13.9. The van der Waals surface area contributed by atoms with Gasteiger partial charge in [-0.05, 0) is 36.6 Å². The van der Waals surface area contributed by atoms with E-state index in [2.05, 4.69) is 21.6 Å². The van der Waals surface area contributed by atoms with E-state index in [0.717, 1.165) is 36.6 Å². The fraction of sp³-hybridized carbons (Fsp3) is 0.316. The fourth-order valence-electron chi connectivity index (χ4n) is 3.04. The van der Waals surface area contributed by atoms with Crippen molar-refractivity contribution < 1.29 is 9.53 Å². The maximum absolute atomic E-state index is 12.0. The maximum Gasteiger partial charge on any atom is 0.319 e. The largest absolute Gasteiger partial charge is 0.495 e. The number of carbonyl (C=O) groups is 1. The Bertz CT molecular complexity index is 675. The van der Waals surface area contributed by atoms with E-state index in [1.807, 2.05) is 48.5 Å². The topological polar surface area (TPSA) is 53.6 Å². The molecular weight excluding hydrogens is 302 g/mol. The van der Waals surface area contributed by atoms with E-state index in [0.29, 0.717) is 12.5 Å². The Morgan fingerprint density at radius 1 is 1.17 bits per heavy atom. The van der Waals surface area contributed by atoms with Crippen molar-refractivity contribution in [2.45, 2.75) is 6.42 Å². The smallest absolute Gasteiger partial charge is 0.319 e. The number of carbonyl (C=O) groups excluding carboxylic acids is 1. The number of hydrogen-bond acceptors (Lipinski definition) is 3. The molecule has 1 aliphatic rings. The molecule has 5 nitrogen and oxygen atoms in total. The molecule has 0 aliphatic carbocycles. The highest BCUT2D eigenvalue weighted by Crippen LogP contribution is 2.31. The summed E-state index contributed by atoms with van der Waals surface area (Å²) in [6, 6.07) is 17.4. The quantitative estimate of drug-likeness (QED) is 0.886. The first-order valence-corrected chi connectivity index (χ1v) is 8.24. The standard InChI is InChI=1S/C19H23N3O2/c1-24-18-10-6-5-9-17(18)22-12-11-15(14-22)13-20-19(23)21-16-7-3-2-4-8-16/h2-10,15H,11-14H2,1H3,(H2,20,21,23)/t15-/m0/s1. The number of benzene rings is 2. The SMILES string of the molecule is COc1ccccc1N1CC[C@@H](CNC(=O)Nc2ccccc2)C1. The van der Waals surface area contributed by atoms with Crippen molar-refractivity contribution in [3.05, 3.63) is 54.6 Å². The molecule has 0 spiro atoms. The number of urea groups is 1. The lowest BCUT2D eigenvalue weighted by molar-refractivity contribution is 0.250. The lowest BCUT2D eigenvalue weighted by Crippen LogP contribution is -2.34. The summed E-state index contributed by atoms with van der Waals surface area (Å²) < 4.78 is 5.44. The molecule has 3 rings (SSSR count). The minimum absolute atomic E-state index is 0.156. The van der Waals surface area contributed by atoms with Crippen molar-refractivity contribution in [3.63, 3.8) is 0 Å². The third kappa shape index (κ3) is 3.98. The van der Waals surface area contributed by atoms with E-state index in [1.165, 1.54) is 0 Å². The Kier molecular flexibility index (Phi) is 5.21. The van der Waals surface area contributed by atoms with E-state index in [-0.39, 0.29) is 6.03 Å². The highest BCUT2D eigenvalue weighted by molar-refractivity contribution is 5.89. The summed E-state index contributed by atoms with van der Waals surface area (Å²) >= 11 is 0. The molecule has 0 aromatic heterocycles. The molecule has 0 bridgehead atoms. The van der Waals surface area contributed by atoms with Gasteiger partial charge < -0.3 is 20.3 Å². The Hall–Kier alpha value is -2.69. The molecule has 0 saturated carbocycles. The lowest BCUT2D eigenvalue weighted by Gasteiger charge is -2.21. The van der Waals surface area contributed by atoms with Crippen molar-refractivity contribution in [2.75, 3.05) is 37.0 Å². The average Bonchev–Trinajstić information content (AvgIpc) is 3.09. The third-order valence-corrected chi connectivity index (χ3v) is 4.29. The molecule has 126 valence electrons. The van der Waals surface area contributed by atoms with Gasteiger partial charge in [0.2, 0.25) is 0 Å². The van der Waals surface area contributed by atoms with Crippen molar-refractivity contribution >= 4 is 17.4 Å². The minimum atomic E-state index is -0.156. The number of nitrogens with zero attached hydrogens (tertiary/aromatic N) is 1. The molecule has 24 heavy (non-hydrogen) atoms. The number of methoxy groups -OCH3 is 1. The summed E-state index contributed by atoms with van der Waals surface area (Å²) in [6.45, 7) is 2.57. The first-order valence-electron chi connectivity index (χ1n) is 8.24. The minimum Gasteiger partial charge on any atom is -0.495 e. The predicted octanol–water partition coefficient (Wildman–Crippen LogP) is 3.34. The third-order valence-electron chi connectivity index (χ3n) is 4.29. The number of nitrogens with one attached hydrogen (secondary N) is 2. The number of rotatable bonds is 5. The van der Waals surface area contributed by atoms with Crippen LogP contribution in [0.15, 0.2) is 54.6 Å². The van der Waals surface area contributed by atoms with Gasteiger partial charge in [0.05, 0.1) is 12.8 Å². The van der Waals surface area contributed by atoms with E-state index in [4.69, 9.17) is 4.74 Å². The van der Waals surface area contributed by atoms with Crippen LogP contribution in [0, 0.1) is 5.92 Å². The fourth-order valence-corrected chi connectivity index (χ4v) is 3.04. The van der Waals surface area contributed by atoms with Gasteiger partial charge in [-0.3, -0.25) is 0 Å². The van der Waals surface area contributed by atoms with Crippen LogP contribution in [0.2, 0.25) is 0 Å². The van der Waals surface area contributed by atoms with Gasteiger partial charge >= 0.3 is 6.03 Å². The normalized spacial score (nSPS) is 16.7. The van der Waals surface area contributed by atoms with Gasteiger partial charge in [0.25, 0.3) is 0 Å². The molecule has 1 atom stereocenters. The molecule has 2 N–H and O–H groups in total. The van der Waals surface area contributed by atoms with Gasteiger partial charge in [0.15, 0.2) is 0 Å². The first kappa shape index (κ1) is 16.2. The van der Waals surface area contributed by atoms with Gasteiger partial charge in [0.1, 0.15) is 5.75 Å². The molecule has 0 unspecified atom stereocenters. The molecule has 1 heterocycles. The van der Waals surface area contributed by atoms with Crippen molar-refractivity contribution in [3.8, 4) is 5.75 Å². The summed E-state index contributed by atoms with van der Waals surface area (Å²) in [5.41, 5.74) is 1.92. The number of anilines is 2. The molecular formula is C19H23N3O2. The van der Waals surface area contributed by atoms with Crippen LogP contribution >= 0.6 is 0 Å². The maximum atomic E-state index is 12.0. The van der Waals surface area contributed by atoms with Crippen LogP contribution in [-0.4, -0.2) is 32.8 Å². The highest BCUT2D eigenvalue weighted by atomic mass is 16.5. The summed E-state index contributed by atoms with van der Waals surface area (Å²) in [5, 5.41) is 5.81. The van der Waals surface area contributed by atoms with Crippen LogP contribution in [0.25, 0.3) is 0 Å². The second-order valence-corrected chi connectivity index (χ2v) is 5.97. The summed E-state index contributed by atoms with van der Waals surface area (Å²) in [5.74, 6) is 1.34. The summed E-state index contributed by atoms with van der Waals surface area (Å²) in [7, 11) is 1.70. The molecule has 2 aromatic carbocycles. The van der Waals surface area contributed by atoms with Crippen LogP contribution < -0.4 is 20.3 Å². The highest BCUT2D eigenvalue weighted by Gasteiger charge is 2.24. The first-order chi connectivity index (χ1) is 11.8. The molecule has 2 aromatic rings. The second kappa shape index (κ2) is 7.73. The van der Waals surface area contributed by atoms with E-state index in [9.17, 15) is 4.79 Å². The number of ether oxygens (including phenoxy) is 1. The monoisotopic (exact) mass is 325 g/mol. The molecule has 1 fully saturated rings. The van der Waals surface area contributed by atoms with Crippen LogP contribution in [0.4, 0.5) is 16.2 Å². The van der Waals surface area contributed by atoms with Crippen LogP contribution in [-0.2, 0) is 0 Å². The van der Waals surface area contributed by atoms with Crippen molar-refractivity contribution in [1.29, 1.82) is 0 Å². The Morgan fingerprint density at radius 2 is 1.92 bits per heavy atom. The van der Waals surface area contributed by atoms with E-state index >= 15 is 0 Å². The molecule has 0 radical (unpaired) electrons. The molecule has 1 saturated heterocycles. The van der Waals surface area contributed by atoms with Crippen molar-refractivity contribution in [1.82, 2.24) is 5.32 Å². The Balaban J connectivity index is 1.49. The number of amides is 2. The summed E-state index contributed by atoms with van der Waals surface area (Å²) in [4.78, 5) is 14.3. The second-order valence-electron chi connectivity index (χ2n) is 5.97. The summed E-state index contributed by atoms with van der Waals surface area (Å²) in [6.07, 6.45) is 1.06. The Morgan fingerprint density at radius 3 is 2.71 bits per heavy atom. The predicted molar refractivity (Wildman–Crippen MR) is 96.8 cm³/mol. The van der Waals surface area contributed by atoms with E-state index < -0.39 is 0 Å². The molecule has 1 aliphatic heterocycles. The molecule has 5 heteroatoms. The van der Waals surface area contributed by atoms with Crippen molar-refractivity contribution in [2.24, 2.45) is 5.92 Å².